The number of sulfonamides is 1. The number of carbonyl (C=O) groups is 2. The van der Waals surface area contributed by atoms with Crippen LogP contribution < -0.4 is 4.72 Å². The lowest BCUT2D eigenvalue weighted by atomic mass is 10.1. The first-order chi connectivity index (χ1) is 14.2. The van der Waals surface area contributed by atoms with E-state index in [1.807, 2.05) is 31.2 Å². The number of aromatic nitrogens is 1. The lowest BCUT2D eigenvalue weighted by Gasteiger charge is -2.12. The Morgan fingerprint density at radius 2 is 1.77 bits per heavy atom. The molecule has 7 nitrogen and oxygen atoms in total. The second-order valence-corrected chi connectivity index (χ2v) is 8.84. The van der Waals surface area contributed by atoms with Gasteiger partial charge in [0.05, 0.1) is 10.5 Å². The van der Waals surface area contributed by atoms with Crippen molar-refractivity contribution in [2.24, 2.45) is 0 Å². The second kappa shape index (κ2) is 8.81. The lowest BCUT2D eigenvalue weighted by Crippen LogP contribution is -2.32. The summed E-state index contributed by atoms with van der Waals surface area (Å²) in [6, 6.07) is 12.6. The first-order valence-corrected chi connectivity index (χ1v) is 11.1. The number of hydrogen-bond acceptors (Lipinski definition) is 5. The lowest BCUT2D eigenvalue weighted by molar-refractivity contribution is 0.0475. The van der Waals surface area contributed by atoms with Gasteiger partial charge in [-0.3, -0.25) is 4.79 Å². The van der Waals surface area contributed by atoms with Gasteiger partial charge in [0, 0.05) is 28.2 Å². The number of esters is 1. The number of benzene rings is 2. The Kier molecular flexibility index (Phi) is 6.38. The monoisotopic (exact) mass is 428 g/mol. The summed E-state index contributed by atoms with van der Waals surface area (Å²) in [6.45, 7) is 5.04. The molecule has 0 aliphatic carbocycles. The van der Waals surface area contributed by atoms with Crippen LogP contribution in [-0.4, -0.2) is 37.8 Å². The standard InChI is InChI=1S/C22H24N2O5S/c1-4-14(2)24-30(27,28)17-11-9-16(10-12-17)22(26)29-13-20(25)21-15(3)23-19-8-6-5-7-18(19)21/h5-12,14,23-24H,4,13H2,1-3H3. The number of aryl methyl sites for hydroxylation is 1. The zero-order chi connectivity index (χ0) is 21.9. The fourth-order valence-electron chi connectivity index (χ4n) is 3.11. The third kappa shape index (κ3) is 4.60. The van der Waals surface area contributed by atoms with Crippen molar-refractivity contribution in [3.05, 3.63) is 65.4 Å². The molecule has 3 aromatic rings. The van der Waals surface area contributed by atoms with E-state index >= 15 is 0 Å². The van der Waals surface area contributed by atoms with E-state index in [-0.39, 0.29) is 22.3 Å². The van der Waals surface area contributed by atoms with Crippen LogP contribution in [0.25, 0.3) is 10.9 Å². The third-order valence-corrected chi connectivity index (χ3v) is 6.48. The summed E-state index contributed by atoms with van der Waals surface area (Å²) in [5, 5.41) is 0.777. The van der Waals surface area contributed by atoms with Crippen molar-refractivity contribution in [1.29, 1.82) is 0 Å². The number of rotatable bonds is 8. The Hall–Kier alpha value is -2.97. The molecule has 2 N–H and O–H groups in total. The van der Waals surface area contributed by atoms with Crippen LogP contribution in [0.4, 0.5) is 0 Å². The number of aromatic amines is 1. The first kappa shape index (κ1) is 21.7. The molecule has 158 valence electrons. The number of carbonyl (C=O) groups excluding carboxylic acids is 2. The van der Waals surface area contributed by atoms with Gasteiger partial charge in [-0.2, -0.15) is 0 Å². The Bertz CT molecular complexity index is 1180. The minimum absolute atomic E-state index is 0.0600. The molecule has 0 aliphatic rings. The van der Waals surface area contributed by atoms with Crippen LogP contribution in [0.3, 0.4) is 0 Å². The van der Waals surface area contributed by atoms with Crippen molar-refractivity contribution in [3.63, 3.8) is 0 Å². The fourth-order valence-corrected chi connectivity index (χ4v) is 4.44. The van der Waals surface area contributed by atoms with Crippen LogP contribution in [0.1, 0.15) is 46.7 Å². The molecule has 8 heteroatoms. The van der Waals surface area contributed by atoms with Gasteiger partial charge in [-0.05, 0) is 50.6 Å². The van der Waals surface area contributed by atoms with Crippen LogP contribution in [0, 0.1) is 6.92 Å². The SMILES string of the molecule is CCC(C)NS(=O)(=O)c1ccc(C(=O)OCC(=O)c2c(C)[nH]c3ccccc23)cc1. The Labute approximate surface area is 175 Å². The van der Waals surface area contributed by atoms with Crippen LogP contribution >= 0.6 is 0 Å². The average Bonchev–Trinajstić information content (AvgIpc) is 3.07. The van der Waals surface area contributed by atoms with Crippen LogP contribution in [0.2, 0.25) is 0 Å². The molecule has 0 fully saturated rings. The summed E-state index contributed by atoms with van der Waals surface area (Å²) in [5.41, 5.74) is 2.21. The third-order valence-electron chi connectivity index (χ3n) is 4.88. The van der Waals surface area contributed by atoms with E-state index in [4.69, 9.17) is 4.74 Å². The quantitative estimate of drug-likeness (QED) is 0.421. The summed E-state index contributed by atoms with van der Waals surface area (Å²) < 4.78 is 32.3. The summed E-state index contributed by atoms with van der Waals surface area (Å²) in [4.78, 5) is 28.1. The second-order valence-electron chi connectivity index (χ2n) is 7.12. The maximum Gasteiger partial charge on any atom is 0.338 e. The van der Waals surface area contributed by atoms with Gasteiger partial charge in [0.25, 0.3) is 0 Å². The molecule has 0 saturated carbocycles. The number of ketones is 1. The van der Waals surface area contributed by atoms with Crippen LogP contribution in [0.15, 0.2) is 53.4 Å². The fraction of sp³-hybridized carbons (Fsp3) is 0.273. The molecule has 0 bridgehead atoms. The number of ether oxygens (including phenoxy) is 1. The maximum absolute atomic E-state index is 12.6. The molecule has 1 atom stereocenters. The molecule has 2 aromatic carbocycles. The Balaban J connectivity index is 1.68. The molecule has 0 aliphatic heterocycles. The molecular weight excluding hydrogens is 404 g/mol. The Morgan fingerprint density at radius 3 is 2.43 bits per heavy atom. The molecule has 0 radical (unpaired) electrons. The number of para-hydroxylation sites is 1. The summed E-state index contributed by atoms with van der Waals surface area (Å²) >= 11 is 0. The smallest absolute Gasteiger partial charge is 0.338 e. The minimum Gasteiger partial charge on any atom is -0.454 e. The van der Waals surface area contributed by atoms with Crippen molar-refractivity contribution in [2.45, 2.75) is 38.1 Å². The van der Waals surface area contributed by atoms with Gasteiger partial charge in [0.1, 0.15) is 0 Å². The average molecular weight is 429 g/mol. The normalized spacial score (nSPS) is 12.6. The molecule has 1 heterocycles. The highest BCUT2D eigenvalue weighted by Gasteiger charge is 2.20. The van der Waals surface area contributed by atoms with Crippen molar-refractivity contribution in [2.75, 3.05) is 6.61 Å². The van der Waals surface area contributed by atoms with Crippen molar-refractivity contribution < 1.29 is 22.7 Å². The van der Waals surface area contributed by atoms with Gasteiger partial charge in [-0.1, -0.05) is 25.1 Å². The van der Waals surface area contributed by atoms with Gasteiger partial charge >= 0.3 is 5.97 Å². The number of fused-ring (bicyclic) bond motifs is 1. The van der Waals surface area contributed by atoms with Gasteiger partial charge in [0.15, 0.2) is 6.61 Å². The molecule has 1 unspecified atom stereocenters. The van der Waals surface area contributed by atoms with E-state index in [1.54, 1.807) is 13.8 Å². The van der Waals surface area contributed by atoms with Gasteiger partial charge in [0.2, 0.25) is 15.8 Å². The van der Waals surface area contributed by atoms with Crippen LogP contribution in [0.5, 0.6) is 0 Å². The van der Waals surface area contributed by atoms with Crippen molar-refractivity contribution in [3.8, 4) is 0 Å². The van der Waals surface area contributed by atoms with Crippen molar-refractivity contribution >= 4 is 32.7 Å². The van der Waals surface area contributed by atoms with E-state index in [0.717, 1.165) is 10.9 Å². The molecule has 0 saturated heterocycles. The molecule has 0 spiro atoms. The molecule has 1 aromatic heterocycles. The predicted molar refractivity (Wildman–Crippen MR) is 114 cm³/mol. The van der Waals surface area contributed by atoms with E-state index in [0.29, 0.717) is 17.7 Å². The number of Topliss-reactive ketones (excluding diaryl/α,β-unsaturated/α-hetero) is 1. The van der Waals surface area contributed by atoms with E-state index in [1.165, 1.54) is 24.3 Å². The Morgan fingerprint density at radius 1 is 1.10 bits per heavy atom. The maximum atomic E-state index is 12.6. The highest BCUT2D eigenvalue weighted by atomic mass is 32.2. The molecule has 3 rings (SSSR count). The zero-order valence-corrected chi connectivity index (χ0v) is 17.9. The van der Waals surface area contributed by atoms with Gasteiger partial charge in [-0.25, -0.2) is 17.9 Å². The predicted octanol–water partition coefficient (Wildman–Crippen LogP) is 3.59. The molecular formula is C22H24N2O5S. The first-order valence-electron chi connectivity index (χ1n) is 9.63. The van der Waals surface area contributed by atoms with Gasteiger partial charge < -0.3 is 9.72 Å². The van der Waals surface area contributed by atoms with E-state index < -0.39 is 22.6 Å². The summed E-state index contributed by atoms with van der Waals surface area (Å²) in [5.74, 6) is -1.00. The summed E-state index contributed by atoms with van der Waals surface area (Å²) in [7, 11) is -3.65. The largest absolute Gasteiger partial charge is 0.454 e. The topological polar surface area (TPSA) is 105 Å². The molecule has 30 heavy (non-hydrogen) atoms. The van der Waals surface area contributed by atoms with Gasteiger partial charge in [-0.15, -0.1) is 0 Å². The van der Waals surface area contributed by atoms with Crippen molar-refractivity contribution in [1.82, 2.24) is 9.71 Å². The molecule has 0 amide bonds. The van der Waals surface area contributed by atoms with Crippen LogP contribution in [-0.2, 0) is 14.8 Å². The van der Waals surface area contributed by atoms with E-state index in [2.05, 4.69) is 9.71 Å². The number of hydrogen-bond donors (Lipinski definition) is 2. The van der Waals surface area contributed by atoms with E-state index in [9.17, 15) is 18.0 Å². The summed E-state index contributed by atoms with van der Waals surface area (Å²) in [6.07, 6.45) is 0.660. The zero-order valence-electron chi connectivity index (χ0n) is 17.1. The minimum atomic E-state index is -3.65. The highest BCUT2D eigenvalue weighted by Crippen LogP contribution is 2.22. The number of nitrogens with one attached hydrogen (secondary N) is 2. The number of H-pyrrole nitrogens is 1. The highest BCUT2D eigenvalue weighted by molar-refractivity contribution is 7.89.